The molecule has 7 atom stereocenters. The van der Waals surface area contributed by atoms with Gasteiger partial charge in [-0.15, -0.1) is 0 Å². The summed E-state index contributed by atoms with van der Waals surface area (Å²) < 4.78 is 0. The second-order valence-corrected chi connectivity index (χ2v) is 14.8. The van der Waals surface area contributed by atoms with Crippen LogP contribution in [0.25, 0.3) is 0 Å². The Kier molecular flexibility index (Phi) is 4.64. The van der Waals surface area contributed by atoms with Crippen molar-refractivity contribution in [2.24, 2.45) is 44.3 Å². The van der Waals surface area contributed by atoms with Crippen molar-refractivity contribution in [3.05, 3.63) is 23.3 Å². The van der Waals surface area contributed by atoms with Crippen LogP contribution < -0.4 is 0 Å². The van der Waals surface area contributed by atoms with Gasteiger partial charge in [-0.1, -0.05) is 40.7 Å². The fourth-order valence-corrected chi connectivity index (χ4v) is 10.4. The standard InChI is InChI=1S/C31H41NO4/c1-25(2)8-10-29(18-33)11-9-28(5)27(4)7-6-20-26(3,15-19(17-32)24(35)30(20)12-13-30)21(27)14-23(34)31(28,36)22(29)16-25/h14-15,20,22,33,36H,6-13,16,18H2,1-5H3/t20-,22-,26+,27-,28+,29-,31-/m1/s1. The fraction of sp³-hybridized carbons (Fsp3) is 0.774. The molecule has 0 aromatic carbocycles. The third kappa shape index (κ3) is 2.50. The Balaban J connectivity index is 1.56. The molecule has 194 valence electrons. The van der Waals surface area contributed by atoms with E-state index in [2.05, 4.69) is 40.7 Å². The predicted octanol–water partition coefficient (Wildman–Crippen LogP) is 5.07. The first-order valence-electron chi connectivity index (χ1n) is 14.0. The summed E-state index contributed by atoms with van der Waals surface area (Å²) in [6.45, 7) is 10.9. The molecule has 5 nitrogen and oxygen atoms in total. The summed E-state index contributed by atoms with van der Waals surface area (Å²) in [5.74, 6) is -0.437. The van der Waals surface area contributed by atoms with Crippen LogP contribution >= 0.6 is 0 Å². The van der Waals surface area contributed by atoms with E-state index in [1.807, 2.05) is 6.08 Å². The molecule has 6 aliphatic carbocycles. The predicted molar refractivity (Wildman–Crippen MR) is 135 cm³/mol. The molecule has 0 unspecified atom stereocenters. The highest BCUT2D eigenvalue weighted by Gasteiger charge is 2.76. The highest BCUT2D eigenvalue weighted by Crippen LogP contribution is 2.77. The number of aliphatic hydroxyl groups excluding tert-OH is 1. The summed E-state index contributed by atoms with van der Waals surface area (Å²) >= 11 is 0. The van der Waals surface area contributed by atoms with E-state index in [9.17, 15) is 25.1 Å². The summed E-state index contributed by atoms with van der Waals surface area (Å²) in [4.78, 5) is 27.6. The van der Waals surface area contributed by atoms with Gasteiger partial charge in [-0.3, -0.25) is 9.59 Å². The second kappa shape index (κ2) is 6.80. The molecule has 2 N–H and O–H groups in total. The van der Waals surface area contributed by atoms with Crippen molar-refractivity contribution >= 4 is 11.6 Å². The molecule has 4 saturated carbocycles. The zero-order valence-electron chi connectivity index (χ0n) is 22.5. The average molecular weight is 492 g/mol. The lowest BCUT2D eigenvalue weighted by Crippen LogP contribution is -2.74. The lowest BCUT2D eigenvalue weighted by Gasteiger charge is -2.71. The van der Waals surface area contributed by atoms with E-state index in [1.54, 1.807) is 6.08 Å². The number of Topliss-reactive ketones (excluding diaryl/α,β-unsaturated/α-hetero) is 1. The topological polar surface area (TPSA) is 98.4 Å². The number of nitrogens with zero attached hydrogens (tertiary/aromatic N) is 1. The van der Waals surface area contributed by atoms with Gasteiger partial charge in [-0.2, -0.15) is 5.26 Å². The van der Waals surface area contributed by atoms with Crippen LogP contribution in [0.15, 0.2) is 23.3 Å². The lowest BCUT2D eigenvalue weighted by atomic mass is 9.33. The Hall–Kier alpha value is -1.77. The maximum Gasteiger partial charge on any atom is 0.188 e. The van der Waals surface area contributed by atoms with Gasteiger partial charge in [0, 0.05) is 28.8 Å². The second-order valence-electron chi connectivity index (χ2n) is 14.8. The van der Waals surface area contributed by atoms with Crippen LogP contribution in [-0.4, -0.2) is 34.0 Å². The monoisotopic (exact) mass is 491 g/mol. The van der Waals surface area contributed by atoms with E-state index in [0.29, 0.717) is 6.42 Å². The molecular weight excluding hydrogens is 450 g/mol. The highest BCUT2D eigenvalue weighted by molar-refractivity contribution is 6.07. The first-order chi connectivity index (χ1) is 16.7. The zero-order chi connectivity index (χ0) is 26.2. The Morgan fingerprint density at radius 1 is 0.972 bits per heavy atom. The summed E-state index contributed by atoms with van der Waals surface area (Å²) in [6.07, 6.45) is 11.0. The normalized spacial score (nSPS) is 50.1. The molecular formula is C31H41NO4. The van der Waals surface area contributed by atoms with Crippen LogP contribution in [0.3, 0.4) is 0 Å². The van der Waals surface area contributed by atoms with Gasteiger partial charge in [0.15, 0.2) is 11.6 Å². The highest BCUT2D eigenvalue weighted by atomic mass is 16.3. The van der Waals surface area contributed by atoms with Gasteiger partial charge in [0.2, 0.25) is 0 Å². The third-order valence-electron chi connectivity index (χ3n) is 13.0. The Morgan fingerprint density at radius 3 is 2.25 bits per heavy atom. The molecule has 0 aromatic rings. The van der Waals surface area contributed by atoms with Gasteiger partial charge in [0.05, 0.1) is 5.57 Å². The molecule has 6 aliphatic rings. The molecule has 0 saturated heterocycles. The minimum absolute atomic E-state index is 0.00134. The Morgan fingerprint density at radius 2 is 1.64 bits per heavy atom. The molecule has 4 fully saturated rings. The number of carbonyl (C=O) groups is 2. The van der Waals surface area contributed by atoms with Crippen LogP contribution in [0.1, 0.15) is 92.4 Å². The van der Waals surface area contributed by atoms with Gasteiger partial charge in [-0.05, 0) is 91.6 Å². The third-order valence-corrected chi connectivity index (χ3v) is 13.0. The number of fused-ring (bicyclic) bond motifs is 8. The fourth-order valence-electron chi connectivity index (χ4n) is 10.4. The van der Waals surface area contributed by atoms with Gasteiger partial charge in [0.25, 0.3) is 0 Å². The summed E-state index contributed by atoms with van der Waals surface area (Å²) in [7, 11) is 0. The van der Waals surface area contributed by atoms with Crippen molar-refractivity contribution in [3.63, 3.8) is 0 Å². The van der Waals surface area contributed by atoms with Crippen LogP contribution in [0.4, 0.5) is 0 Å². The maximum atomic E-state index is 14.3. The molecule has 6 rings (SSSR count). The van der Waals surface area contributed by atoms with Crippen molar-refractivity contribution in [1.82, 2.24) is 0 Å². The van der Waals surface area contributed by atoms with E-state index >= 15 is 0 Å². The minimum atomic E-state index is -1.54. The maximum absolute atomic E-state index is 14.3. The summed E-state index contributed by atoms with van der Waals surface area (Å²) in [5.41, 5.74) is -2.86. The quantitative estimate of drug-likeness (QED) is 0.534. The lowest BCUT2D eigenvalue weighted by molar-refractivity contribution is -0.250. The Bertz CT molecular complexity index is 1190. The summed E-state index contributed by atoms with van der Waals surface area (Å²) in [6, 6.07) is 2.18. The van der Waals surface area contributed by atoms with Crippen molar-refractivity contribution in [3.8, 4) is 6.07 Å². The number of carbonyl (C=O) groups excluding carboxylic acids is 2. The largest absolute Gasteiger partial charge is 0.396 e. The number of aliphatic hydroxyl groups is 2. The van der Waals surface area contributed by atoms with Crippen LogP contribution in [0.2, 0.25) is 0 Å². The van der Waals surface area contributed by atoms with Crippen molar-refractivity contribution in [2.75, 3.05) is 6.61 Å². The number of nitriles is 1. The number of allylic oxidation sites excluding steroid dienone is 3. The molecule has 1 spiro atoms. The molecule has 0 aliphatic heterocycles. The molecule has 0 radical (unpaired) electrons. The van der Waals surface area contributed by atoms with Gasteiger partial charge in [-0.25, -0.2) is 0 Å². The van der Waals surface area contributed by atoms with Gasteiger partial charge < -0.3 is 10.2 Å². The Labute approximate surface area is 215 Å². The van der Waals surface area contributed by atoms with Crippen LogP contribution in [0, 0.1) is 55.7 Å². The van der Waals surface area contributed by atoms with E-state index in [0.717, 1.165) is 56.9 Å². The summed E-state index contributed by atoms with van der Waals surface area (Å²) in [5, 5.41) is 33.3. The number of hydrogen-bond acceptors (Lipinski definition) is 5. The van der Waals surface area contributed by atoms with E-state index < -0.39 is 32.7 Å². The molecule has 0 bridgehead atoms. The molecule has 0 amide bonds. The zero-order valence-corrected chi connectivity index (χ0v) is 22.5. The molecule has 36 heavy (non-hydrogen) atoms. The van der Waals surface area contributed by atoms with Gasteiger partial charge >= 0.3 is 0 Å². The first kappa shape index (κ1) is 24.6. The SMILES string of the molecule is CC1(C)CC[C@]2(CO)CC[C@@]3(C)[C@]4(C)CC[C@H]5C6(CC6)C(=O)C(C#N)=C[C@]5(C)C4=CC(=O)[C@]3(O)[C@@H]2C1. The van der Waals surface area contributed by atoms with E-state index in [-0.39, 0.29) is 41.0 Å². The van der Waals surface area contributed by atoms with E-state index in [1.165, 1.54) is 0 Å². The van der Waals surface area contributed by atoms with Crippen molar-refractivity contribution in [1.29, 1.82) is 5.26 Å². The molecule has 0 aromatic heterocycles. The number of ketones is 2. The minimum Gasteiger partial charge on any atom is -0.396 e. The van der Waals surface area contributed by atoms with Crippen LogP contribution in [-0.2, 0) is 9.59 Å². The van der Waals surface area contributed by atoms with Crippen molar-refractivity contribution in [2.45, 2.75) is 98.0 Å². The van der Waals surface area contributed by atoms with E-state index in [4.69, 9.17) is 0 Å². The van der Waals surface area contributed by atoms with Crippen LogP contribution in [0.5, 0.6) is 0 Å². The van der Waals surface area contributed by atoms with Gasteiger partial charge in [0.1, 0.15) is 11.7 Å². The number of hydrogen-bond donors (Lipinski definition) is 2. The molecule has 0 heterocycles. The number of rotatable bonds is 1. The van der Waals surface area contributed by atoms with Crippen molar-refractivity contribution < 1.29 is 19.8 Å². The smallest absolute Gasteiger partial charge is 0.188 e. The average Bonchev–Trinajstić information content (AvgIpc) is 3.62. The molecule has 5 heteroatoms. The first-order valence-corrected chi connectivity index (χ1v) is 14.0.